The second kappa shape index (κ2) is 6.30. The first kappa shape index (κ1) is 15.6. The van der Waals surface area contributed by atoms with Crippen molar-refractivity contribution in [3.63, 3.8) is 0 Å². The maximum atomic E-state index is 12.7. The molecule has 0 bridgehead atoms. The topological polar surface area (TPSA) is 59.4 Å². The smallest absolute Gasteiger partial charge is 0.433 e. The average molecular weight is 309 g/mol. The lowest BCUT2D eigenvalue weighted by Crippen LogP contribution is -2.09. The van der Waals surface area contributed by atoms with Crippen LogP contribution in [-0.4, -0.2) is 16.1 Å². The summed E-state index contributed by atoms with van der Waals surface area (Å²) < 4.78 is 43.5. The van der Waals surface area contributed by atoms with E-state index >= 15 is 0 Å². The zero-order valence-electron chi connectivity index (χ0n) is 11.0. The SMILES string of the molecule is O=C(O)C=Cc1ccc(C(F)(F)F)nc1Oc1ccccc1. The zero-order valence-corrected chi connectivity index (χ0v) is 11.0. The minimum atomic E-state index is -4.62. The van der Waals surface area contributed by atoms with Crippen LogP contribution in [-0.2, 0) is 11.0 Å². The van der Waals surface area contributed by atoms with Crippen molar-refractivity contribution in [2.75, 3.05) is 0 Å². The van der Waals surface area contributed by atoms with Crippen LogP contribution in [0.3, 0.4) is 0 Å². The van der Waals surface area contributed by atoms with Gasteiger partial charge in [-0.1, -0.05) is 18.2 Å². The van der Waals surface area contributed by atoms with E-state index in [4.69, 9.17) is 9.84 Å². The lowest BCUT2D eigenvalue weighted by atomic mass is 10.2. The number of pyridine rings is 1. The first-order valence-electron chi connectivity index (χ1n) is 6.08. The molecule has 0 atom stereocenters. The highest BCUT2D eigenvalue weighted by Gasteiger charge is 2.33. The van der Waals surface area contributed by atoms with Gasteiger partial charge in [0.05, 0.1) is 0 Å². The van der Waals surface area contributed by atoms with Crippen molar-refractivity contribution in [1.82, 2.24) is 4.98 Å². The quantitative estimate of drug-likeness (QED) is 0.868. The monoisotopic (exact) mass is 309 g/mol. The summed E-state index contributed by atoms with van der Waals surface area (Å²) in [6.07, 6.45) is -2.71. The molecule has 0 aliphatic heterocycles. The van der Waals surface area contributed by atoms with Gasteiger partial charge in [0.15, 0.2) is 0 Å². The molecule has 0 saturated carbocycles. The van der Waals surface area contributed by atoms with Gasteiger partial charge in [0.2, 0.25) is 5.88 Å². The summed E-state index contributed by atoms with van der Waals surface area (Å²) in [6, 6.07) is 9.98. The summed E-state index contributed by atoms with van der Waals surface area (Å²) in [4.78, 5) is 14.0. The normalized spacial score (nSPS) is 11.6. The van der Waals surface area contributed by atoms with Gasteiger partial charge in [0.1, 0.15) is 11.4 Å². The van der Waals surface area contributed by atoms with Crippen molar-refractivity contribution in [3.8, 4) is 11.6 Å². The van der Waals surface area contributed by atoms with Crippen molar-refractivity contribution >= 4 is 12.0 Å². The van der Waals surface area contributed by atoms with E-state index in [1.54, 1.807) is 30.3 Å². The molecule has 0 radical (unpaired) electrons. The molecule has 0 spiro atoms. The van der Waals surface area contributed by atoms with Gasteiger partial charge < -0.3 is 9.84 Å². The number of rotatable bonds is 4. The van der Waals surface area contributed by atoms with E-state index in [9.17, 15) is 18.0 Å². The Morgan fingerprint density at radius 2 is 1.82 bits per heavy atom. The van der Waals surface area contributed by atoms with Crippen molar-refractivity contribution < 1.29 is 27.8 Å². The molecule has 114 valence electrons. The minimum absolute atomic E-state index is 0.124. The van der Waals surface area contributed by atoms with Crippen molar-refractivity contribution in [3.05, 3.63) is 59.8 Å². The lowest BCUT2D eigenvalue weighted by molar-refractivity contribution is -0.141. The Bertz CT molecular complexity index is 697. The van der Waals surface area contributed by atoms with Crippen LogP contribution in [0.15, 0.2) is 48.5 Å². The van der Waals surface area contributed by atoms with E-state index in [2.05, 4.69) is 4.98 Å². The summed E-state index contributed by atoms with van der Waals surface area (Å²) in [5, 5.41) is 8.61. The van der Waals surface area contributed by atoms with Gasteiger partial charge in [0, 0.05) is 11.6 Å². The van der Waals surface area contributed by atoms with Crippen molar-refractivity contribution in [2.45, 2.75) is 6.18 Å². The third-order valence-electron chi connectivity index (χ3n) is 2.54. The summed E-state index contributed by atoms with van der Waals surface area (Å²) in [6.45, 7) is 0. The van der Waals surface area contributed by atoms with E-state index < -0.39 is 17.8 Å². The van der Waals surface area contributed by atoms with Gasteiger partial charge in [-0.05, 0) is 30.3 Å². The fourth-order valence-electron chi connectivity index (χ4n) is 1.58. The molecule has 1 aromatic carbocycles. The standard InChI is InChI=1S/C15H10F3NO3/c16-15(17,18)12-8-6-10(7-9-13(20)21)14(19-12)22-11-4-2-1-3-5-11/h1-9H,(H,20,21). The average Bonchev–Trinajstić information content (AvgIpc) is 2.46. The third-order valence-corrected chi connectivity index (χ3v) is 2.54. The number of aromatic nitrogens is 1. The number of aliphatic carboxylic acids is 1. The molecule has 0 saturated heterocycles. The molecule has 2 aromatic rings. The Morgan fingerprint density at radius 1 is 1.14 bits per heavy atom. The Balaban J connectivity index is 2.43. The zero-order chi connectivity index (χ0) is 16.2. The number of alkyl halides is 3. The second-order valence-electron chi connectivity index (χ2n) is 4.18. The van der Waals surface area contributed by atoms with Crippen LogP contribution >= 0.6 is 0 Å². The second-order valence-corrected chi connectivity index (χ2v) is 4.18. The number of halogens is 3. The third kappa shape index (κ3) is 4.08. The number of carboxylic acids is 1. The van der Waals surface area contributed by atoms with Gasteiger partial charge in [-0.3, -0.25) is 0 Å². The molecule has 0 unspecified atom stereocenters. The van der Waals surface area contributed by atoms with Crippen LogP contribution in [0.4, 0.5) is 13.2 Å². The maximum Gasteiger partial charge on any atom is 0.433 e. The van der Waals surface area contributed by atoms with Crippen LogP contribution < -0.4 is 4.74 Å². The molecular formula is C15H10F3NO3. The van der Waals surface area contributed by atoms with Gasteiger partial charge in [-0.15, -0.1) is 0 Å². The summed E-state index contributed by atoms with van der Waals surface area (Å²) in [7, 11) is 0. The molecule has 22 heavy (non-hydrogen) atoms. The lowest BCUT2D eigenvalue weighted by Gasteiger charge is -2.11. The Labute approximate surface area is 123 Å². The molecule has 7 heteroatoms. The maximum absolute atomic E-state index is 12.7. The van der Waals surface area contributed by atoms with Crippen LogP contribution in [0.25, 0.3) is 6.08 Å². The van der Waals surface area contributed by atoms with Gasteiger partial charge in [-0.2, -0.15) is 13.2 Å². The number of nitrogens with zero attached hydrogens (tertiary/aromatic N) is 1. The largest absolute Gasteiger partial charge is 0.478 e. The van der Waals surface area contributed by atoms with Crippen molar-refractivity contribution in [1.29, 1.82) is 0 Å². The Hall–Kier alpha value is -2.83. The Kier molecular flexibility index (Phi) is 4.45. The number of carbonyl (C=O) groups is 1. The van der Waals surface area contributed by atoms with E-state index in [-0.39, 0.29) is 11.4 Å². The first-order valence-corrected chi connectivity index (χ1v) is 6.08. The van der Waals surface area contributed by atoms with Crippen LogP contribution in [0.1, 0.15) is 11.3 Å². The van der Waals surface area contributed by atoms with Crippen LogP contribution in [0.2, 0.25) is 0 Å². The number of ether oxygens (including phenoxy) is 1. The summed E-state index contributed by atoms with van der Waals surface area (Å²) >= 11 is 0. The molecule has 1 heterocycles. The Morgan fingerprint density at radius 3 is 2.41 bits per heavy atom. The molecule has 1 N–H and O–H groups in total. The fourth-order valence-corrected chi connectivity index (χ4v) is 1.58. The van der Waals surface area contributed by atoms with E-state index in [0.717, 1.165) is 24.3 Å². The van der Waals surface area contributed by atoms with E-state index in [0.29, 0.717) is 5.75 Å². The van der Waals surface area contributed by atoms with Gasteiger partial charge >= 0.3 is 12.1 Å². The fraction of sp³-hybridized carbons (Fsp3) is 0.0667. The highest BCUT2D eigenvalue weighted by Crippen LogP contribution is 2.32. The number of hydrogen-bond acceptors (Lipinski definition) is 3. The number of benzene rings is 1. The molecule has 1 aromatic heterocycles. The first-order chi connectivity index (χ1) is 10.4. The molecule has 4 nitrogen and oxygen atoms in total. The molecular weight excluding hydrogens is 299 g/mol. The molecule has 0 aliphatic carbocycles. The number of hydrogen-bond donors (Lipinski definition) is 1. The number of carboxylic acid groups (broad SMARTS) is 1. The number of para-hydroxylation sites is 1. The van der Waals surface area contributed by atoms with Gasteiger partial charge in [0.25, 0.3) is 0 Å². The minimum Gasteiger partial charge on any atom is -0.478 e. The highest BCUT2D eigenvalue weighted by atomic mass is 19.4. The molecule has 0 amide bonds. The van der Waals surface area contributed by atoms with Gasteiger partial charge in [-0.25, -0.2) is 9.78 Å². The van der Waals surface area contributed by atoms with Crippen LogP contribution in [0, 0.1) is 0 Å². The predicted molar refractivity (Wildman–Crippen MR) is 72.4 cm³/mol. The van der Waals surface area contributed by atoms with E-state index in [1.165, 1.54) is 0 Å². The predicted octanol–water partition coefficient (Wildman–Crippen LogP) is 3.99. The van der Waals surface area contributed by atoms with Crippen LogP contribution in [0.5, 0.6) is 11.6 Å². The molecule has 0 aliphatic rings. The van der Waals surface area contributed by atoms with E-state index in [1.807, 2.05) is 0 Å². The summed E-state index contributed by atoms with van der Waals surface area (Å²) in [5.41, 5.74) is -0.995. The summed E-state index contributed by atoms with van der Waals surface area (Å²) in [5.74, 6) is -1.26. The van der Waals surface area contributed by atoms with Crippen molar-refractivity contribution in [2.24, 2.45) is 0 Å². The molecule has 0 fully saturated rings. The molecule has 2 rings (SSSR count). The highest BCUT2D eigenvalue weighted by molar-refractivity contribution is 5.85.